The Balaban J connectivity index is 0.997. The number of anilines is 1. The average Bonchev–Trinajstić information content (AvgIpc) is 3.83. The summed E-state index contributed by atoms with van der Waals surface area (Å²) in [6, 6.07) is 20.0. The number of nitrogens with two attached hydrogens (primary N) is 1. The van der Waals surface area contributed by atoms with Gasteiger partial charge in [-0.25, -0.2) is 4.98 Å². The summed E-state index contributed by atoms with van der Waals surface area (Å²) in [5.41, 5.74) is 12.5. The first-order valence-corrected chi connectivity index (χ1v) is 16.2. The Labute approximate surface area is 266 Å². The molecule has 0 radical (unpaired) electrons. The van der Waals surface area contributed by atoms with Gasteiger partial charge in [0.15, 0.2) is 0 Å². The topological polar surface area (TPSA) is 120 Å². The lowest BCUT2D eigenvalue weighted by Gasteiger charge is -2.34. The highest BCUT2D eigenvalue weighted by Gasteiger charge is 2.32. The molecule has 1 aliphatic heterocycles. The van der Waals surface area contributed by atoms with Crippen LogP contribution in [0.25, 0.3) is 16.7 Å². The van der Waals surface area contributed by atoms with Gasteiger partial charge in [-0.3, -0.25) is 14.6 Å². The third-order valence-corrected chi connectivity index (χ3v) is 9.30. The molecule has 2 heterocycles. The molecule has 2 saturated carbocycles. The normalized spacial score (nSPS) is 21.0. The number of benzene rings is 2. The zero-order valence-corrected chi connectivity index (χ0v) is 26.2. The Morgan fingerprint density at radius 3 is 2.33 bits per heavy atom. The van der Waals surface area contributed by atoms with Gasteiger partial charge in [0.2, 0.25) is 0 Å². The van der Waals surface area contributed by atoms with Crippen LogP contribution >= 0.6 is 0 Å². The number of nitrogens with one attached hydrogen (secondary N) is 3. The second-order valence-electron chi connectivity index (χ2n) is 12.5. The molecule has 3 aromatic rings. The van der Waals surface area contributed by atoms with Gasteiger partial charge in [0, 0.05) is 75.6 Å². The van der Waals surface area contributed by atoms with Gasteiger partial charge in [0.25, 0.3) is 5.91 Å². The quantitative estimate of drug-likeness (QED) is 0.221. The molecule has 9 nitrogen and oxygen atoms in total. The maximum Gasteiger partial charge on any atom is 0.255 e. The van der Waals surface area contributed by atoms with Crippen molar-refractivity contribution in [1.29, 1.82) is 5.41 Å². The number of aromatic nitrogens is 1. The molecule has 2 aromatic carbocycles. The fourth-order valence-corrected chi connectivity index (χ4v) is 6.50. The number of carbonyl (C=O) groups excluding carboxylic acids is 1. The Morgan fingerprint density at radius 2 is 1.69 bits per heavy atom. The lowest BCUT2D eigenvalue weighted by atomic mass is 10.0. The molecule has 2 atom stereocenters. The number of carbonyl (C=O) groups is 1. The lowest BCUT2D eigenvalue weighted by Crippen LogP contribution is -2.46. The van der Waals surface area contributed by atoms with E-state index in [2.05, 4.69) is 73.9 Å². The van der Waals surface area contributed by atoms with E-state index in [-0.39, 0.29) is 23.9 Å². The molecule has 1 aromatic heterocycles. The van der Waals surface area contributed by atoms with Crippen molar-refractivity contribution in [2.45, 2.75) is 63.4 Å². The number of nitrogens with zero attached hydrogens (tertiary/aromatic N) is 3. The first-order valence-electron chi connectivity index (χ1n) is 16.2. The third kappa shape index (κ3) is 7.79. The average molecular weight is 608 g/mol. The van der Waals surface area contributed by atoms with Crippen LogP contribution in [0.1, 0.15) is 59.2 Å². The largest absolute Gasteiger partial charge is 0.393 e. The van der Waals surface area contributed by atoms with Crippen molar-refractivity contribution in [2.24, 2.45) is 0 Å². The van der Waals surface area contributed by atoms with Crippen molar-refractivity contribution in [1.82, 2.24) is 25.4 Å². The van der Waals surface area contributed by atoms with Crippen LogP contribution in [-0.4, -0.2) is 78.3 Å². The van der Waals surface area contributed by atoms with Crippen LogP contribution in [-0.2, 0) is 17.9 Å². The molecule has 1 unspecified atom stereocenters. The predicted molar refractivity (Wildman–Crippen MR) is 180 cm³/mol. The van der Waals surface area contributed by atoms with Crippen molar-refractivity contribution in [2.75, 3.05) is 39.0 Å². The van der Waals surface area contributed by atoms with E-state index < -0.39 is 0 Å². The van der Waals surface area contributed by atoms with Crippen LogP contribution in [0.15, 0.2) is 67.0 Å². The van der Waals surface area contributed by atoms with Gasteiger partial charge in [-0.05, 0) is 60.4 Å². The van der Waals surface area contributed by atoms with Crippen LogP contribution in [0.3, 0.4) is 0 Å². The minimum atomic E-state index is -0.275. The number of allylic oxidation sites excluding steroid dienone is 1. The van der Waals surface area contributed by atoms with Crippen molar-refractivity contribution in [3.63, 3.8) is 0 Å². The summed E-state index contributed by atoms with van der Waals surface area (Å²) in [4.78, 5) is 22.6. The van der Waals surface area contributed by atoms with Crippen molar-refractivity contribution in [3.05, 3.63) is 89.2 Å². The van der Waals surface area contributed by atoms with Gasteiger partial charge in [0.1, 0.15) is 5.82 Å². The molecule has 236 valence electrons. The van der Waals surface area contributed by atoms with Crippen LogP contribution in [0, 0.1) is 5.41 Å². The van der Waals surface area contributed by atoms with Gasteiger partial charge < -0.3 is 26.5 Å². The molecule has 6 rings (SSSR count). The molecule has 5 N–H and O–H groups in total. The minimum Gasteiger partial charge on any atom is -0.393 e. The number of piperazine rings is 1. The molecule has 2 aliphatic carbocycles. The standard InChI is InChI=1S/C36H45N7O2/c1-39-21-30(20-37)29-19-32(35(38)40-22-29)36(44)41-33-3-2-4-34(33)45-24-26-7-11-28(12-8-26)27-9-5-25(6-10-27)23-42-15-17-43(18-16-42)31-13-14-31/h5-12,19-22,31,33-34,37,39H,2-4,13-18,23-24H2,1H3,(H2,38,40)(H,41,44)/b30-21+,37-20?/t33?,34-/m0/s1. The SMILES string of the molecule is CN/C=C(\C=N)c1cnc(N)c(C(=O)NC2CCC[C@@H]2OCc2ccc(-c3ccc(CN4CCN(C5CC5)CC4)cc3)cc2)c1. The smallest absolute Gasteiger partial charge is 0.255 e. The lowest BCUT2D eigenvalue weighted by molar-refractivity contribution is 0.0272. The van der Waals surface area contributed by atoms with Crippen LogP contribution in [0.2, 0.25) is 0 Å². The Hall–Kier alpha value is -4.05. The summed E-state index contributed by atoms with van der Waals surface area (Å²) in [5.74, 6) is -0.111. The minimum absolute atomic E-state index is 0.0726. The maximum atomic E-state index is 13.2. The number of pyridine rings is 1. The summed E-state index contributed by atoms with van der Waals surface area (Å²) in [6.45, 7) is 6.25. The fraction of sp³-hybridized carbons (Fsp3) is 0.417. The zero-order valence-electron chi connectivity index (χ0n) is 26.2. The van der Waals surface area contributed by atoms with E-state index in [1.807, 2.05) is 0 Å². The molecule has 1 amide bonds. The molecular weight excluding hydrogens is 562 g/mol. The number of ether oxygens (including phenoxy) is 1. The molecule has 3 fully saturated rings. The first kappa shape index (κ1) is 31.0. The second-order valence-corrected chi connectivity index (χ2v) is 12.5. The number of hydrogen-bond donors (Lipinski definition) is 4. The Morgan fingerprint density at radius 1 is 1.00 bits per heavy atom. The van der Waals surface area contributed by atoms with E-state index in [0.29, 0.717) is 23.3 Å². The molecule has 1 saturated heterocycles. The van der Waals surface area contributed by atoms with Crippen molar-refractivity contribution >= 4 is 23.5 Å². The van der Waals surface area contributed by atoms with Crippen LogP contribution < -0.4 is 16.4 Å². The van der Waals surface area contributed by atoms with Crippen LogP contribution in [0.5, 0.6) is 0 Å². The van der Waals surface area contributed by atoms with Crippen LogP contribution in [0.4, 0.5) is 5.82 Å². The zero-order chi connectivity index (χ0) is 31.2. The summed E-state index contributed by atoms with van der Waals surface area (Å²) >= 11 is 0. The summed E-state index contributed by atoms with van der Waals surface area (Å²) in [7, 11) is 1.76. The van der Waals surface area contributed by atoms with Gasteiger partial charge >= 0.3 is 0 Å². The number of nitrogen functional groups attached to an aromatic ring is 1. The summed E-state index contributed by atoms with van der Waals surface area (Å²) in [5, 5.41) is 13.7. The third-order valence-electron chi connectivity index (χ3n) is 9.30. The van der Waals surface area contributed by atoms with E-state index in [1.54, 1.807) is 25.5 Å². The number of amides is 1. The highest BCUT2D eigenvalue weighted by molar-refractivity contribution is 6.09. The van der Waals surface area contributed by atoms with Gasteiger partial charge in [0.05, 0.1) is 24.3 Å². The van der Waals surface area contributed by atoms with E-state index in [4.69, 9.17) is 15.9 Å². The number of rotatable bonds is 12. The van der Waals surface area contributed by atoms with E-state index in [1.165, 1.54) is 48.8 Å². The monoisotopic (exact) mass is 607 g/mol. The van der Waals surface area contributed by atoms with Gasteiger partial charge in [-0.2, -0.15) is 0 Å². The second kappa shape index (κ2) is 14.4. The maximum absolute atomic E-state index is 13.2. The van der Waals surface area contributed by atoms with E-state index >= 15 is 0 Å². The van der Waals surface area contributed by atoms with Gasteiger partial charge in [-0.1, -0.05) is 48.5 Å². The van der Waals surface area contributed by atoms with Crippen molar-refractivity contribution < 1.29 is 9.53 Å². The van der Waals surface area contributed by atoms with E-state index in [0.717, 1.165) is 50.5 Å². The molecule has 9 heteroatoms. The Kier molecular flexibility index (Phi) is 9.88. The summed E-state index contributed by atoms with van der Waals surface area (Å²) in [6.07, 6.45) is 9.91. The highest BCUT2D eigenvalue weighted by atomic mass is 16.5. The molecular formula is C36H45N7O2. The molecule has 0 spiro atoms. The molecule has 45 heavy (non-hydrogen) atoms. The summed E-state index contributed by atoms with van der Waals surface area (Å²) < 4.78 is 6.32. The fourth-order valence-electron chi connectivity index (χ4n) is 6.50. The highest BCUT2D eigenvalue weighted by Crippen LogP contribution is 2.28. The molecule has 3 aliphatic rings. The van der Waals surface area contributed by atoms with E-state index in [9.17, 15) is 4.79 Å². The Bertz CT molecular complexity index is 1490. The number of hydrogen-bond acceptors (Lipinski definition) is 8. The first-order chi connectivity index (χ1) is 22.0. The predicted octanol–water partition coefficient (Wildman–Crippen LogP) is 4.69. The molecule has 0 bridgehead atoms. The van der Waals surface area contributed by atoms with Crippen molar-refractivity contribution in [3.8, 4) is 11.1 Å². The van der Waals surface area contributed by atoms with Gasteiger partial charge in [-0.15, -0.1) is 0 Å².